The van der Waals surface area contributed by atoms with Crippen LogP contribution in [-0.2, 0) is 0 Å². The van der Waals surface area contributed by atoms with E-state index >= 15 is 0 Å². The van der Waals surface area contributed by atoms with Crippen molar-refractivity contribution in [2.24, 2.45) is 10.2 Å². The zero-order chi connectivity index (χ0) is 10.2. The summed E-state index contributed by atoms with van der Waals surface area (Å²) < 4.78 is 0. The van der Waals surface area contributed by atoms with E-state index in [2.05, 4.69) is 26.0 Å². The Morgan fingerprint density at radius 1 is 1.07 bits per heavy atom. The Bertz CT molecular complexity index is 302. The molecule has 0 unspecified atom stereocenters. The lowest BCUT2D eigenvalue weighted by molar-refractivity contribution is 0.906. The van der Waals surface area contributed by atoms with Crippen LogP contribution in [0.4, 0.5) is 0 Å². The molecule has 0 amide bonds. The summed E-state index contributed by atoms with van der Waals surface area (Å²) >= 11 is 0. The Morgan fingerprint density at radius 3 is 2.00 bits per heavy atom. The van der Waals surface area contributed by atoms with Crippen LogP contribution in [0, 0.1) is 0 Å². The van der Waals surface area contributed by atoms with Gasteiger partial charge in [0.1, 0.15) is 0 Å². The molecule has 0 aromatic carbocycles. The summed E-state index contributed by atoms with van der Waals surface area (Å²) in [5, 5.41) is 7.78. The van der Waals surface area contributed by atoms with Crippen molar-refractivity contribution in [3.63, 3.8) is 0 Å². The number of hydrogen-bond donors (Lipinski definition) is 2. The zero-order valence-corrected chi connectivity index (χ0v) is 8.23. The Hall–Kier alpha value is -1.91. The molecule has 74 valence electrons. The van der Waals surface area contributed by atoms with Crippen LogP contribution in [0.25, 0.3) is 0 Å². The van der Waals surface area contributed by atoms with Gasteiger partial charge in [0.15, 0.2) is 0 Å². The summed E-state index contributed by atoms with van der Waals surface area (Å²) in [7, 11) is 3.49. The number of pyridine rings is 1. The second-order valence-corrected chi connectivity index (χ2v) is 2.52. The fourth-order valence-corrected chi connectivity index (χ4v) is 0.896. The zero-order valence-electron chi connectivity index (χ0n) is 8.23. The van der Waals surface area contributed by atoms with Crippen LogP contribution in [-0.4, -0.2) is 31.5 Å². The van der Waals surface area contributed by atoms with Crippen LogP contribution in [0.15, 0.2) is 28.7 Å². The molecule has 1 aromatic heterocycles. The third kappa shape index (κ3) is 3.22. The van der Waals surface area contributed by atoms with Gasteiger partial charge in [0.2, 0.25) is 0 Å². The summed E-state index contributed by atoms with van der Waals surface area (Å²) in [6.45, 7) is 0. The Morgan fingerprint density at radius 2 is 1.57 bits per heavy atom. The Labute approximate surface area is 82.9 Å². The van der Waals surface area contributed by atoms with Gasteiger partial charge in [-0.15, -0.1) is 0 Å². The molecule has 0 saturated carbocycles. The van der Waals surface area contributed by atoms with Gasteiger partial charge in [-0.1, -0.05) is 0 Å². The molecule has 0 spiro atoms. The molecule has 0 atom stereocenters. The molecule has 1 heterocycles. The molecule has 2 N–H and O–H groups in total. The first kappa shape index (κ1) is 10.2. The van der Waals surface area contributed by atoms with Crippen molar-refractivity contribution in [3.8, 4) is 0 Å². The first-order chi connectivity index (χ1) is 6.86. The van der Waals surface area contributed by atoms with Gasteiger partial charge in [-0.25, -0.2) is 0 Å². The standard InChI is InChI=1S/C9H13N5/c1-10-13-6-8-3-9(5-12-4-8)7-14-11-2/h3-7,10-11H,1-2H3. The van der Waals surface area contributed by atoms with Gasteiger partial charge in [0.25, 0.3) is 0 Å². The van der Waals surface area contributed by atoms with Crippen LogP contribution in [0.1, 0.15) is 11.1 Å². The third-order valence-electron chi connectivity index (χ3n) is 1.47. The number of hydrogen-bond acceptors (Lipinski definition) is 5. The van der Waals surface area contributed by atoms with E-state index in [1.807, 2.05) is 6.07 Å². The van der Waals surface area contributed by atoms with Crippen molar-refractivity contribution in [2.45, 2.75) is 0 Å². The molecule has 0 saturated heterocycles. The maximum absolute atomic E-state index is 4.05. The molecule has 0 fully saturated rings. The van der Waals surface area contributed by atoms with Gasteiger partial charge in [-0.2, -0.15) is 10.2 Å². The number of nitrogens with one attached hydrogen (secondary N) is 2. The molecule has 1 aromatic rings. The van der Waals surface area contributed by atoms with Crippen molar-refractivity contribution in [1.82, 2.24) is 15.8 Å². The average Bonchev–Trinajstić information content (AvgIpc) is 2.24. The van der Waals surface area contributed by atoms with E-state index < -0.39 is 0 Å². The van der Waals surface area contributed by atoms with Crippen LogP contribution in [0.5, 0.6) is 0 Å². The number of rotatable bonds is 4. The summed E-state index contributed by atoms with van der Waals surface area (Å²) in [6.07, 6.45) is 6.86. The largest absolute Gasteiger partial charge is 0.313 e. The van der Waals surface area contributed by atoms with E-state index in [-0.39, 0.29) is 0 Å². The predicted octanol–water partition coefficient (Wildman–Crippen LogP) is 0.188. The lowest BCUT2D eigenvalue weighted by atomic mass is 10.2. The van der Waals surface area contributed by atoms with Crippen molar-refractivity contribution >= 4 is 12.4 Å². The highest BCUT2D eigenvalue weighted by atomic mass is 15.3. The van der Waals surface area contributed by atoms with Gasteiger partial charge in [-0.05, 0) is 6.07 Å². The summed E-state index contributed by atoms with van der Waals surface area (Å²) in [5.74, 6) is 0. The average molecular weight is 191 g/mol. The highest BCUT2D eigenvalue weighted by Crippen LogP contribution is 1.97. The SMILES string of the molecule is CNN=Cc1cncc(C=NNC)c1. The molecule has 0 aliphatic carbocycles. The number of nitrogens with zero attached hydrogens (tertiary/aromatic N) is 3. The second kappa shape index (κ2) is 5.69. The van der Waals surface area contributed by atoms with E-state index in [0.29, 0.717) is 0 Å². The minimum absolute atomic E-state index is 0.930. The quantitative estimate of drug-likeness (QED) is 0.527. The van der Waals surface area contributed by atoms with Crippen molar-refractivity contribution in [3.05, 3.63) is 29.6 Å². The predicted molar refractivity (Wildman–Crippen MR) is 57.5 cm³/mol. The number of hydrazone groups is 2. The van der Waals surface area contributed by atoms with E-state index in [0.717, 1.165) is 11.1 Å². The number of aromatic nitrogens is 1. The van der Waals surface area contributed by atoms with Crippen LogP contribution >= 0.6 is 0 Å². The molecule has 14 heavy (non-hydrogen) atoms. The lowest BCUT2D eigenvalue weighted by Crippen LogP contribution is -1.97. The Kier molecular flexibility index (Phi) is 4.13. The molecule has 0 aliphatic heterocycles. The van der Waals surface area contributed by atoms with Gasteiger partial charge in [-0.3, -0.25) is 4.98 Å². The maximum Gasteiger partial charge on any atom is 0.0556 e. The van der Waals surface area contributed by atoms with Crippen LogP contribution < -0.4 is 10.9 Å². The van der Waals surface area contributed by atoms with Gasteiger partial charge >= 0.3 is 0 Å². The van der Waals surface area contributed by atoms with Crippen LogP contribution in [0.3, 0.4) is 0 Å². The highest BCUT2D eigenvalue weighted by Gasteiger charge is 1.91. The first-order valence-corrected chi connectivity index (χ1v) is 4.21. The molecule has 5 nitrogen and oxygen atoms in total. The monoisotopic (exact) mass is 191 g/mol. The van der Waals surface area contributed by atoms with Crippen molar-refractivity contribution in [1.29, 1.82) is 0 Å². The van der Waals surface area contributed by atoms with Gasteiger partial charge < -0.3 is 10.9 Å². The minimum Gasteiger partial charge on any atom is -0.313 e. The van der Waals surface area contributed by atoms with Crippen LogP contribution in [0.2, 0.25) is 0 Å². The third-order valence-corrected chi connectivity index (χ3v) is 1.47. The minimum atomic E-state index is 0.930. The summed E-state index contributed by atoms with van der Waals surface area (Å²) in [5.41, 5.74) is 7.21. The normalized spacial score (nSPS) is 11.0. The van der Waals surface area contributed by atoms with Gasteiger partial charge in [0, 0.05) is 37.6 Å². The molecular formula is C9H13N5. The first-order valence-electron chi connectivity index (χ1n) is 4.21. The highest BCUT2D eigenvalue weighted by molar-refractivity contribution is 5.85. The molecule has 0 bridgehead atoms. The summed E-state index contributed by atoms with van der Waals surface area (Å²) in [4.78, 5) is 4.05. The lowest BCUT2D eigenvalue weighted by Gasteiger charge is -1.95. The summed E-state index contributed by atoms with van der Waals surface area (Å²) in [6, 6.07) is 1.94. The topological polar surface area (TPSA) is 61.7 Å². The van der Waals surface area contributed by atoms with Gasteiger partial charge in [0.05, 0.1) is 12.4 Å². The Balaban J connectivity index is 2.78. The second-order valence-electron chi connectivity index (χ2n) is 2.52. The fourth-order valence-electron chi connectivity index (χ4n) is 0.896. The smallest absolute Gasteiger partial charge is 0.0556 e. The molecular weight excluding hydrogens is 178 g/mol. The van der Waals surface area contributed by atoms with E-state index in [4.69, 9.17) is 0 Å². The van der Waals surface area contributed by atoms with Crippen molar-refractivity contribution in [2.75, 3.05) is 14.1 Å². The molecule has 0 radical (unpaired) electrons. The molecule has 1 rings (SSSR count). The maximum atomic E-state index is 4.05. The van der Waals surface area contributed by atoms with E-state index in [1.54, 1.807) is 38.9 Å². The van der Waals surface area contributed by atoms with Crippen molar-refractivity contribution < 1.29 is 0 Å². The van der Waals surface area contributed by atoms with E-state index in [1.165, 1.54) is 0 Å². The van der Waals surface area contributed by atoms with E-state index in [9.17, 15) is 0 Å². The fraction of sp³-hybridized carbons (Fsp3) is 0.222. The molecule has 0 aliphatic rings. The molecule has 5 heteroatoms.